The van der Waals surface area contributed by atoms with Gasteiger partial charge in [0.05, 0.1) is 22.4 Å². The molecular weight excluding hydrogens is 444 g/mol. The maximum atomic E-state index is 12.4. The Morgan fingerprint density at radius 3 is 2.58 bits per heavy atom. The molecule has 0 radical (unpaired) electrons. The summed E-state index contributed by atoms with van der Waals surface area (Å²) >= 11 is 1.20. The molecule has 11 heteroatoms. The minimum absolute atomic E-state index is 0.0466. The molecule has 33 heavy (non-hydrogen) atoms. The molecule has 10 nitrogen and oxygen atoms in total. The molecule has 172 valence electrons. The highest BCUT2D eigenvalue weighted by molar-refractivity contribution is 7.99. The number of thioether (sulfide) groups is 1. The fourth-order valence-corrected chi connectivity index (χ4v) is 3.94. The Morgan fingerprint density at radius 1 is 1.18 bits per heavy atom. The predicted octanol–water partition coefficient (Wildman–Crippen LogP) is 3.74. The van der Waals surface area contributed by atoms with Crippen LogP contribution >= 0.6 is 11.8 Å². The van der Waals surface area contributed by atoms with E-state index in [2.05, 4.69) is 20.8 Å². The molecule has 3 rings (SSSR count). The van der Waals surface area contributed by atoms with Gasteiger partial charge in [0.25, 0.3) is 11.6 Å². The molecule has 1 heterocycles. The first-order valence-corrected chi connectivity index (χ1v) is 11.3. The molecule has 0 unspecified atom stereocenters. The second-order valence-corrected chi connectivity index (χ2v) is 8.18. The van der Waals surface area contributed by atoms with Gasteiger partial charge in [0.2, 0.25) is 5.91 Å². The fraction of sp³-hybridized carbons (Fsp3) is 0.273. The number of benzene rings is 2. The molecule has 0 aliphatic rings. The standard InChI is InChI=1S/C22H24N6O4S/c1-4-27-20(15(3)23-21(30)16-8-6-5-7-9-16)25-26-22(27)33-13-19(29)24-18-12-17(28(31)32)11-10-14(18)2/h5-12,15H,4,13H2,1-3H3,(H,23,30)(H,24,29)/t15-/m0/s1. The van der Waals surface area contributed by atoms with Crippen molar-refractivity contribution in [3.63, 3.8) is 0 Å². The molecule has 2 aromatic carbocycles. The third-order valence-electron chi connectivity index (χ3n) is 4.87. The van der Waals surface area contributed by atoms with Gasteiger partial charge in [0.15, 0.2) is 11.0 Å². The van der Waals surface area contributed by atoms with Crippen LogP contribution in [-0.4, -0.2) is 37.3 Å². The monoisotopic (exact) mass is 468 g/mol. The summed E-state index contributed by atoms with van der Waals surface area (Å²) in [5.41, 5.74) is 1.57. The van der Waals surface area contributed by atoms with Crippen LogP contribution in [0, 0.1) is 17.0 Å². The number of nitrogens with zero attached hydrogens (tertiary/aromatic N) is 4. The Kier molecular flexibility index (Phi) is 7.78. The molecular formula is C22H24N6O4S. The van der Waals surface area contributed by atoms with Gasteiger partial charge < -0.3 is 15.2 Å². The average Bonchev–Trinajstić information content (AvgIpc) is 3.22. The smallest absolute Gasteiger partial charge is 0.271 e. The molecule has 2 N–H and O–H groups in total. The van der Waals surface area contributed by atoms with Gasteiger partial charge in [0.1, 0.15) is 0 Å². The van der Waals surface area contributed by atoms with Gasteiger partial charge in [-0.05, 0) is 38.5 Å². The van der Waals surface area contributed by atoms with Gasteiger partial charge in [-0.2, -0.15) is 0 Å². The van der Waals surface area contributed by atoms with Crippen molar-refractivity contribution in [3.8, 4) is 0 Å². The van der Waals surface area contributed by atoms with Crippen LogP contribution in [0.1, 0.15) is 41.6 Å². The number of carbonyl (C=O) groups excluding carboxylic acids is 2. The Balaban J connectivity index is 1.64. The first-order chi connectivity index (χ1) is 15.8. The van der Waals surface area contributed by atoms with E-state index >= 15 is 0 Å². The Labute approximate surface area is 194 Å². The van der Waals surface area contributed by atoms with E-state index in [1.165, 1.54) is 23.9 Å². The average molecular weight is 469 g/mol. The zero-order chi connectivity index (χ0) is 24.0. The van der Waals surface area contributed by atoms with Crippen LogP contribution in [-0.2, 0) is 11.3 Å². The lowest BCUT2D eigenvalue weighted by atomic mass is 10.2. The van der Waals surface area contributed by atoms with Crippen molar-refractivity contribution >= 4 is 35.0 Å². The molecule has 1 aromatic heterocycles. The molecule has 3 aromatic rings. The number of anilines is 1. The summed E-state index contributed by atoms with van der Waals surface area (Å²) in [5.74, 6) is 0.0977. The van der Waals surface area contributed by atoms with Crippen molar-refractivity contribution in [1.82, 2.24) is 20.1 Å². The summed E-state index contributed by atoms with van der Waals surface area (Å²) in [7, 11) is 0. The third-order valence-corrected chi connectivity index (χ3v) is 5.84. The molecule has 0 saturated carbocycles. The van der Waals surface area contributed by atoms with Crippen LogP contribution in [0.4, 0.5) is 11.4 Å². The van der Waals surface area contributed by atoms with Crippen LogP contribution in [0.5, 0.6) is 0 Å². The molecule has 0 bridgehead atoms. The highest BCUT2D eigenvalue weighted by atomic mass is 32.2. The number of carbonyl (C=O) groups is 2. The molecule has 0 aliphatic heterocycles. The van der Waals surface area contributed by atoms with E-state index in [9.17, 15) is 19.7 Å². The molecule has 0 aliphatic carbocycles. The highest BCUT2D eigenvalue weighted by Gasteiger charge is 2.20. The van der Waals surface area contributed by atoms with Crippen molar-refractivity contribution in [2.75, 3.05) is 11.1 Å². The van der Waals surface area contributed by atoms with Crippen LogP contribution in [0.25, 0.3) is 0 Å². The van der Waals surface area contributed by atoms with E-state index in [-0.39, 0.29) is 29.3 Å². The minimum atomic E-state index is -0.507. The largest absolute Gasteiger partial charge is 0.342 e. The summed E-state index contributed by atoms with van der Waals surface area (Å²) < 4.78 is 1.84. The summed E-state index contributed by atoms with van der Waals surface area (Å²) in [6.07, 6.45) is 0. The van der Waals surface area contributed by atoms with E-state index in [0.717, 1.165) is 5.56 Å². The summed E-state index contributed by atoms with van der Waals surface area (Å²) in [6, 6.07) is 12.8. The minimum Gasteiger partial charge on any atom is -0.342 e. The number of aryl methyl sites for hydroxylation is 1. The fourth-order valence-electron chi connectivity index (χ4n) is 3.13. The summed E-state index contributed by atoms with van der Waals surface area (Å²) in [6.45, 7) is 6.07. The lowest BCUT2D eigenvalue weighted by Crippen LogP contribution is -2.28. The van der Waals surface area contributed by atoms with Crippen molar-refractivity contribution in [2.24, 2.45) is 0 Å². The lowest BCUT2D eigenvalue weighted by molar-refractivity contribution is -0.384. The van der Waals surface area contributed by atoms with Gasteiger partial charge in [-0.1, -0.05) is 36.0 Å². The van der Waals surface area contributed by atoms with E-state index in [0.29, 0.717) is 28.8 Å². The Hall–Kier alpha value is -3.73. The molecule has 0 spiro atoms. The van der Waals surface area contributed by atoms with Gasteiger partial charge in [-0.3, -0.25) is 19.7 Å². The van der Waals surface area contributed by atoms with Gasteiger partial charge >= 0.3 is 0 Å². The first kappa shape index (κ1) is 23.9. The molecule has 2 amide bonds. The van der Waals surface area contributed by atoms with Gasteiger partial charge in [-0.15, -0.1) is 10.2 Å². The molecule has 0 saturated heterocycles. The van der Waals surface area contributed by atoms with E-state index in [4.69, 9.17) is 0 Å². The second-order valence-electron chi connectivity index (χ2n) is 7.24. The van der Waals surface area contributed by atoms with E-state index in [1.807, 2.05) is 24.5 Å². The third kappa shape index (κ3) is 5.95. The van der Waals surface area contributed by atoms with Gasteiger partial charge in [-0.25, -0.2) is 0 Å². The quantitative estimate of drug-likeness (QED) is 0.278. The number of non-ortho nitro benzene ring substituents is 1. The second kappa shape index (κ2) is 10.7. The number of amides is 2. The topological polar surface area (TPSA) is 132 Å². The van der Waals surface area contributed by atoms with Crippen molar-refractivity contribution < 1.29 is 14.5 Å². The molecule has 1 atom stereocenters. The van der Waals surface area contributed by atoms with Crippen molar-refractivity contribution in [2.45, 2.75) is 38.5 Å². The highest BCUT2D eigenvalue weighted by Crippen LogP contribution is 2.24. The van der Waals surface area contributed by atoms with Crippen LogP contribution in [0.3, 0.4) is 0 Å². The summed E-state index contributed by atoms with van der Waals surface area (Å²) in [5, 5.41) is 25.5. The van der Waals surface area contributed by atoms with E-state index < -0.39 is 4.92 Å². The SMILES string of the molecule is CCn1c(SCC(=O)Nc2cc([N+](=O)[O-])ccc2C)nnc1[C@H](C)NC(=O)c1ccccc1. The zero-order valence-electron chi connectivity index (χ0n) is 18.4. The maximum Gasteiger partial charge on any atom is 0.271 e. The molecule has 0 fully saturated rings. The Morgan fingerprint density at radius 2 is 1.91 bits per heavy atom. The van der Waals surface area contributed by atoms with Crippen molar-refractivity contribution in [3.05, 3.63) is 75.6 Å². The van der Waals surface area contributed by atoms with E-state index in [1.54, 1.807) is 37.3 Å². The normalized spacial score (nSPS) is 11.6. The number of nitro benzene ring substituents is 1. The first-order valence-electron chi connectivity index (χ1n) is 10.3. The zero-order valence-corrected chi connectivity index (χ0v) is 19.3. The summed E-state index contributed by atoms with van der Waals surface area (Å²) in [4.78, 5) is 35.4. The number of nitro groups is 1. The Bertz CT molecular complexity index is 1160. The van der Waals surface area contributed by atoms with Crippen LogP contribution in [0.15, 0.2) is 53.7 Å². The predicted molar refractivity (Wildman–Crippen MR) is 125 cm³/mol. The maximum absolute atomic E-state index is 12.4. The van der Waals surface area contributed by atoms with Gasteiger partial charge in [0, 0.05) is 24.2 Å². The van der Waals surface area contributed by atoms with Crippen LogP contribution < -0.4 is 10.6 Å². The van der Waals surface area contributed by atoms with Crippen LogP contribution in [0.2, 0.25) is 0 Å². The number of hydrogen-bond donors (Lipinski definition) is 2. The lowest BCUT2D eigenvalue weighted by Gasteiger charge is -2.15. The number of aromatic nitrogens is 3. The van der Waals surface area contributed by atoms with Crippen molar-refractivity contribution in [1.29, 1.82) is 0 Å². The number of nitrogens with one attached hydrogen (secondary N) is 2. The number of hydrogen-bond acceptors (Lipinski definition) is 7. The number of rotatable bonds is 9.